The molecule has 1 rings (SSSR count). The van der Waals surface area contributed by atoms with E-state index in [1.807, 2.05) is 18.5 Å². The predicted octanol–water partition coefficient (Wildman–Crippen LogP) is 2.61. The van der Waals surface area contributed by atoms with E-state index < -0.39 is 0 Å². The Morgan fingerprint density at radius 1 is 1.33 bits per heavy atom. The van der Waals surface area contributed by atoms with Gasteiger partial charge in [-0.25, -0.2) is 0 Å². The molecule has 3 heteroatoms. The van der Waals surface area contributed by atoms with Gasteiger partial charge < -0.3 is 4.90 Å². The minimum Gasteiger partial charge on any atom is -0.302 e. The molecule has 0 saturated heterocycles. The van der Waals surface area contributed by atoms with Crippen molar-refractivity contribution in [2.45, 2.75) is 25.8 Å². The van der Waals surface area contributed by atoms with Gasteiger partial charge in [0.05, 0.1) is 0 Å². The Kier molecular flexibility index (Phi) is 6.44. The average molecular weight is 224 g/mol. The quantitative estimate of drug-likeness (QED) is 0.566. The molecule has 0 aliphatic rings. The summed E-state index contributed by atoms with van der Waals surface area (Å²) >= 11 is 4.20. The van der Waals surface area contributed by atoms with Crippen LogP contribution in [0, 0.1) is 0 Å². The maximum absolute atomic E-state index is 4.20. The summed E-state index contributed by atoms with van der Waals surface area (Å²) in [6, 6.07) is 4.11. The zero-order valence-corrected chi connectivity index (χ0v) is 10.3. The normalized spacial score (nSPS) is 10.9. The van der Waals surface area contributed by atoms with Gasteiger partial charge in [-0.05, 0) is 43.8 Å². The van der Waals surface area contributed by atoms with E-state index in [1.54, 1.807) is 0 Å². The number of hydrogen-bond donors (Lipinski definition) is 1. The number of pyridine rings is 1. The maximum Gasteiger partial charge on any atom is 0.0312 e. The lowest BCUT2D eigenvalue weighted by molar-refractivity contribution is 0.318. The van der Waals surface area contributed by atoms with Gasteiger partial charge in [0, 0.05) is 18.9 Å². The standard InChI is InChI=1S/C12H20N2S/c1-14(8-3-2-4-9-15)11-12-6-5-7-13-10-12/h5-7,10,15H,2-4,8-9,11H2,1H3. The van der Waals surface area contributed by atoms with Crippen LogP contribution in [0.15, 0.2) is 24.5 Å². The molecular weight excluding hydrogens is 204 g/mol. The van der Waals surface area contributed by atoms with Crippen molar-refractivity contribution < 1.29 is 0 Å². The van der Waals surface area contributed by atoms with Crippen molar-refractivity contribution in [3.63, 3.8) is 0 Å². The van der Waals surface area contributed by atoms with E-state index in [-0.39, 0.29) is 0 Å². The second-order valence-electron chi connectivity index (χ2n) is 3.88. The smallest absolute Gasteiger partial charge is 0.0312 e. The number of hydrogen-bond acceptors (Lipinski definition) is 3. The van der Waals surface area contributed by atoms with E-state index in [1.165, 1.54) is 24.8 Å². The number of nitrogens with zero attached hydrogens (tertiary/aromatic N) is 2. The van der Waals surface area contributed by atoms with E-state index >= 15 is 0 Å². The van der Waals surface area contributed by atoms with Crippen molar-refractivity contribution in [2.24, 2.45) is 0 Å². The first-order chi connectivity index (χ1) is 7.33. The summed E-state index contributed by atoms with van der Waals surface area (Å²) < 4.78 is 0. The lowest BCUT2D eigenvalue weighted by atomic mass is 10.2. The van der Waals surface area contributed by atoms with Crippen LogP contribution in [0.2, 0.25) is 0 Å². The average Bonchev–Trinajstić information content (AvgIpc) is 2.26. The van der Waals surface area contributed by atoms with E-state index in [9.17, 15) is 0 Å². The van der Waals surface area contributed by atoms with Crippen LogP contribution in [0.5, 0.6) is 0 Å². The van der Waals surface area contributed by atoms with E-state index in [0.29, 0.717) is 0 Å². The third-order valence-corrected chi connectivity index (χ3v) is 2.69. The highest BCUT2D eigenvalue weighted by Gasteiger charge is 1.99. The van der Waals surface area contributed by atoms with E-state index in [0.717, 1.165) is 18.8 Å². The molecule has 0 aliphatic heterocycles. The first-order valence-corrected chi connectivity index (χ1v) is 6.14. The fourth-order valence-corrected chi connectivity index (χ4v) is 1.78. The number of aromatic nitrogens is 1. The lowest BCUT2D eigenvalue weighted by Crippen LogP contribution is -2.19. The molecule has 0 fully saturated rings. The summed E-state index contributed by atoms with van der Waals surface area (Å²) in [7, 11) is 2.16. The van der Waals surface area contributed by atoms with Gasteiger partial charge >= 0.3 is 0 Å². The van der Waals surface area contributed by atoms with Crippen LogP contribution in [0.3, 0.4) is 0 Å². The second-order valence-corrected chi connectivity index (χ2v) is 4.33. The van der Waals surface area contributed by atoms with Crippen molar-refractivity contribution in [2.75, 3.05) is 19.3 Å². The molecule has 0 atom stereocenters. The first-order valence-electron chi connectivity index (χ1n) is 5.51. The third-order valence-electron chi connectivity index (χ3n) is 2.37. The Bertz CT molecular complexity index is 251. The fraction of sp³-hybridized carbons (Fsp3) is 0.583. The van der Waals surface area contributed by atoms with Crippen molar-refractivity contribution in [1.29, 1.82) is 0 Å². The molecule has 0 unspecified atom stereocenters. The SMILES string of the molecule is CN(CCCCCS)Cc1cccnc1. The third kappa shape index (κ3) is 5.80. The largest absolute Gasteiger partial charge is 0.302 e. The molecule has 0 amide bonds. The monoisotopic (exact) mass is 224 g/mol. The molecule has 15 heavy (non-hydrogen) atoms. The molecule has 0 radical (unpaired) electrons. The molecule has 84 valence electrons. The van der Waals surface area contributed by atoms with Gasteiger partial charge in [0.25, 0.3) is 0 Å². The molecule has 1 heterocycles. The highest BCUT2D eigenvalue weighted by Crippen LogP contribution is 2.03. The minimum absolute atomic E-state index is 0.995. The molecule has 0 spiro atoms. The van der Waals surface area contributed by atoms with Crippen LogP contribution in [-0.2, 0) is 6.54 Å². The summed E-state index contributed by atoms with van der Waals surface area (Å²) in [6.07, 6.45) is 7.52. The van der Waals surface area contributed by atoms with Gasteiger partial charge in [-0.15, -0.1) is 0 Å². The van der Waals surface area contributed by atoms with Crippen LogP contribution in [0.25, 0.3) is 0 Å². The molecule has 0 bridgehead atoms. The Hall–Kier alpha value is -0.540. The van der Waals surface area contributed by atoms with Gasteiger partial charge in [-0.1, -0.05) is 12.5 Å². The Morgan fingerprint density at radius 2 is 2.20 bits per heavy atom. The Morgan fingerprint density at radius 3 is 2.87 bits per heavy atom. The van der Waals surface area contributed by atoms with Crippen molar-refractivity contribution in [1.82, 2.24) is 9.88 Å². The summed E-state index contributed by atoms with van der Waals surface area (Å²) in [5, 5.41) is 0. The van der Waals surface area contributed by atoms with Gasteiger partial charge in [-0.3, -0.25) is 4.98 Å². The van der Waals surface area contributed by atoms with E-state index in [2.05, 4.69) is 35.6 Å². The minimum atomic E-state index is 0.995. The van der Waals surface area contributed by atoms with E-state index in [4.69, 9.17) is 0 Å². The molecule has 0 aliphatic carbocycles. The highest BCUT2D eigenvalue weighted by molar-refractivity contribution is 7.80. The topological polar surface area (TPSA) is 16.1 Å². The number of rotatable bonds is 7. The molecule has 2 nitrogen and oxygen atoms in total. The van der Waals surface area contributed by atoms with Crippen LogP contribution < -0.4 is 0 Å². The van der Waals surface area contributed by atoms with Gasteiger partial charge in [0.2, 0.25) is 0 Å². The second kappa shape index (κ2) is 7.71. The molecular formula is C12H20N2S. The van der Waals surface area contributed by atoms with Crippen LogP contribution in [0.4, 0.5) is 0 Å². The molecule has 1 aromatic rings. The first kappa shape index (κ1) is 12.5. The van der Waals surface area contributed by atoms with Crippen LogP contribution >= 0.6 is 12.6 Å². The summed E-state index contributed by atoms with van der Waals surface area (Å²) in [5.74, 6) is 1.01. The summed E-state index contributed by atoms with van der Waals surface area (Å²) in [4.78, 5) is 6.45. The van der Waals surface area contributed by atoms with Crippen molar-refractivity contribution >= 4 is 12.6 Å². The molecule has 0 aromatic carbocycles. The fourth-order valence-electron chi connectivity index (χ4n) is 1.55. The zero-order valence-electron chi connectivity index (χ0n) is 9.39. The Labute approximate surface area is 98.1 Å². The summed E-state index contributed by atoms with van der Waals surface area (Å²) in [5.41, 5.74) is 1.29. The summed E-state index contributed by atoms with van der Waals surface area (Å²) in [6.45, 7) is 2.15. The molecule has 0 N–H and O–H groups in total. The predicted molar refractivity (Wildman–Crippen MR) is 68.3 cm³/mol. The molecule has 0 saturated carbocycles. The zero-order chi connectivity index (χ0) is 10.9. The van der Waals surface area contributed by atoms with Gasteiger partial charge in [0.15, 0.2) is 0 Å². The van der Waals surface area contributed by atoms with Crippen molar-refractivity contribution in [3.05, 3.63) is 30.1 Å². The van der Waals surface area contributed by atoms with Crippen LogP contribution in [-0.4, -0.2) is 29.2 Å². The lowest BCUT2D eigenvalue weighted by Gasteiger charge is -2.15. The number of thiol groups is 1. The van der Waals surface area contributed by atoms with Crippen molar-refractivity contribution in [3.8, 4) is 0 Å². The maximum atomic E-state index is 4.20. The van der Waals surface area contributed by atoms with Crippen LogP contribution in [0.1, 0.15) is 24.8 Å². The van der Waals surface area contributed by atoms with Gasteiger partial charge in [0.1, 0.15) is 0 Å². The Balaban J connectivity index is 2.16. The highest BCUT2D eigenvalue weighted by atomic mass is 32.1. The molecule has 1 aromatic heterocycles. The van der Waals surface area contributed by atoms with Gasteiger partial charge in [-0.2, -0.15) is 12.6 Å². The number of unbranched alkanes of at least 4 members (excludes halogenated alkanes) is 2.